The van der Waals surface area contributed by atoms with Gasteiger partial charge in [-0.1, -0.05) is 50.1 Å². The van der Waals surface area contributed by atoms with Crippen LogP contribution in [0.4, 0.5) is 5.69 Å². The predicted octanol–water partition coefficient (Wildman–Crippen LogP) is 5.66. The van der Waals surface area contributed by atoms with E-state index in [4.69, 9.17) is 0 Å². The molecule has 1 N–H and O–H groups in total. The molecule has 0 aliphatic carbocycles. The molecule has 10 heteroatoms. The summed E-state index contributed by atoms with van der Waals surface area (Å²) in [6.45, 7) is 0. The zero-order chi connectivity index (χ0) is 23.5. The van der Waals surface area contributed by atoms with Crippen LogP contribution in [-0.2, 0) is 15.6 Å². The molecule has 3 rings (SSSR count). The van der Waals surface area contributed by atoms with Crippen molar-refractivity contribution in [3.63, 3.8) is 0 Å². The number of halogens is 2. The summed E-state index contributed by atoms with van der Waals surface area (Å²) in [5.74, 6) is -1.75. The average molecular weight is 581 g/mol. The van der Waals surface area contributed by atoms with E-state index in [0.29, 0.717) is 10.0 Å². The second kappa shape index (κ2) is 9.76. The zero-order valence-electron chi connectivity index (χ0n) is 16.2. The number of phenols is 1. The molecule has 0 spiro atoms. The van der Waals surface area contributed by atoms with Crippen LogP contribution in [0.15, 0.2) is 80.6 Å². The van der Waals surface area contributed by atoms with Gasteiger partial charge in [0.05, 0.1) is 10.7 Å². The minimum atomic E-state index is -4.14. The Bertz CT molecular complexity index is 1320. The SMILES string of the molecule is O=C(/C(=C/c1ccc(O)c([N+](=O)[O-])c1)S(=O)(=O)Cc1ccc(Br)cc1)c1ccc(Br)cc1. The van der Waals surface area contributed by atoms with Crippen LogP contribution < -0.4 is 0 Å². The van der Waals surface area contributed by atoms with Crippen LogP contribution in [0.5, 0.6) is 5.75 Å². The number of phenolic OH excluding ortho intramolecular Hbond substituents is 1. The van der Waals surface area contributed by atoms with Crippen LogP contribution >= 0.6 is 31.9 Å². The first-order chi connectivity index (χ1) is 15.1. The number of Topliss-reactive ketones (excluding diaryl/α,β-unsaturated/α-hetero) is 1. The fourth-order valence-corrected chi connectivity index (χ4v) is 4.88. The van der Waals surface area contributed by atoms with Gasteiger partial charge in [-0.15, -0.1) is 0 Å². The molecular weight excluding hydrogens is 566 g/mol. The molecule has 0 unspecified atom stereocenters. The van der Waals surface area contributed by atoms with Crippen molar-refractivity contribution in [2.45, 2.75) is 5.75 Å². The monoisotopic (exact) mass is 579 g/mol. The van der Waals surface area contributed by atoms with Crippen molar-refractivity contribution < 1.29 is 23.2 Å². The molecule has 7 nitrogen and oxygen atoms in total. The van der Waals surface area contributed by atoms with E-state index in [1.165, 1.54) is 18.2 Å². The summed E-state index contributed by atoms with van der Waals surface area (Å²) in [6, 6.07) is 16.2. The number of carbonyl (C=O) groups excluding carboxylic acids is 1. The molecule has 0 saturated heterocycles. The lowest BCUT2D eigenvalue weighted by molar-refractivity contribution is -0.385. The van der Waals surface area contributed by atoms with E-state index in [0.717, 1.165) is 22.7 Å². The largest absolute Gasteiger partial charge is 0.502 e. The normalized spacial score (nSPS) is 11.9. The summed E-state index contributed by atoms with van der Waals surface area (Å²) in [5.41, 5.74) is 0.111. The maximum Gasteiger partial charge on any atom is 0.311 e. The van der Waals surface area contributed by atoms with Gasteiger partial charge in [0.1, 0.15) is 4.91 Å². The summed E-state index contributed by atoms with van der Waals surface area (Å²) in [6.07, 6.45) is 1.09. The Labute approximate surface area is 200 Å². The number of nitrogens with zero attached hydrogens (tertiary/aromatic N) is 1. The van der Waals surface area contributed by atoms with Gasteiger partial charge in [0, 0.05) is 20.6 Å². The first-order valence-corrected chi connectivity index (χ1v) is 12.3. The molecule has 0 heterocycles. The molecule has 0 aliphatic heterocycles. The summed E-state index contributed by atoms with van der Waals surface area (Å²) in [5, 5.41) is 20.8. The van der Waals surface area contributed by atoms with Gasteiger partial charge in [-0.3, -0.25) is 14.9 Å². The molecule has 164 valence electrons. The number of benzene rings is 3. The second-order valence-corrected chi connectivity index (χ2v) is 10.5. The number of hydrogen-bond donors (Lipinski definition) is 1. The first-order valence-electron chi connectivity index (χ1n) is 9.03. The van der Waals surface area contributed by atoms with Gasteiger partial charge >= 0.3 is 5.69 Å². The molecule has 0 aromatic heterocycles. The Kier molecular flexibility index (Phi) is 7.27. The lowest BCUT2D eigenvalue weighted by Gasteiger charge is -2.10. The van der Waals surface area contributed by atoms with Crippen molar-refractivity contribution in [2.24, 2.45) is 0 Å². The highest BCUT2D eigenvalue weighted by atomic mass is 79.9. The lowest BCUT2D eigenvalue weighted by Crippen LogP contribution is -2.16. The third-order valence-electron chi connectivity index (χ3n) is 4.43. The van der Waals surface area contributed by atoms with Crippen molar-refractivity contribution in [1.82, 2.24) is 0 Å². The number of rotatable bonds is 7. The number of hydrogen-bond acceptors (Lipinski definition) is 6. The fraction of sp³-hybridized carbons (Fsp3) is 0.0455. The van der Waals surface area contributed by atoms with Crippen LogP contribution in [0, 0.1) is 10.1 Å². The number of carbonyl (C=O) groups is 1. The minimum Gasteiger partial charge on any atom is -0.502 e. The zero-order valence-corrected chi connectivity index (χ0v) is 20.2. The number of nitro benzene ring substituents is 1. The summed E-state index contributed by atoms with van der Waals surface area (Å²) in [4.78, 5) is 23.0. The standard InChI is InChI=1S/C22H15Br2NO6S/c23-17-6-1-14(2-7-17)13-32(30,31)21(22(27)16-4-8-18(24)9-5-16)12-15-3-10-20(26)19(11-15)25(28)29/h1-12,26H,13H2/b21-12-. The second-order valence-electron chi connectivity index (χ2n) is 6.74. The van der Waals surface area contributed by atoms with E-state index in [2.05, 4.69) is 31.9 Å². The molecule has 0 saturated carbocycles. The Hall–Kier alpha value is -2.82. The maximum atomic E-state index is 13.3. The van der Waals surface area contributed by atoms with Crippen LogP contribution in [-0.4, -0.2) is 24.2 Å². The van der Waals surface area contributed by atoms with Crippen LogP contribution in [0.2, 0.25) is 0 Å². The molecule has 32 heavy (non-hydrogen) atoms. The van der Waals surface area contributed by atoms with Crippen LogP contribution in [0.25, 0.3) is 6.08 Å². The van der Waals surface area contributed by atoms with Crippen molar-refractivity contribution in [3.05, 3.63) is 107 Å². The van der Waals surface area contributed by atoms with Crippen LogP contribution in [0.3, 0.4) is 0 Å². The molecule has 3 aromatic rings. The first kappa shape index (κ1) is 23.8. The minimum absolute atomic E-state index is 0.0920. The molecule has 0 atom stereocenters. The number of sulfone groups is 1. The fourth-order valence-electron chi connectivity index (χ4n) is 2.85. The van der Waals surface area contributed by atoms with Crippen LogP contribution in [0.1, 0.15) is 21.5 Å². The maximum absolute atomic E-state index is 13.3. The van der Waals surface area contributed by atoms with E-state index < -0.39 is 42.6 Å². The van der Waals surface area contributed by atoms with Crippen molar-refractivity contribution in [2.75, 3.05) is 0 Å². The smallest absolute Gasteiger partial charge is 0.311 e. The summed E-state index contributed by atoms with van der Waals surface area (Å²) < 4.78 is 28.0. The molecule has 0 aliphatic rings. The molecular formula is C22H15Br2NO6S. The lowest BCUT2D eigenvalue weighted by atomic mass is 10.1. The third-order valence-corrected chi connectivity index (χ3v) is 7.17. The highest BCUT2D eigenvalue weighted by molar-refractivity contribution is 9.10. The van der Waals surface area contributed by atoms with Gasteiger partial charge in [0.2, 0.25) is 5.78 Å². The van der Waals surface area contributed by atoms with Gasteiger partial charge in [0.15, 0.2) is 15.6 Å². The van der Waals surface area contributed by atoms with E-state index >= 15 is 0 Å². The Morgan fingerprint density at radius 1 is 0.969 bits per heavy atom. The quantitative estimate of drug-likeness (QED) is 0.167. The number of ketones is 1. The number of aromatic hydroxyl groups is 1. The van der Waals surface area contributed by atoms with E-state index in [1.807, 2.05) is 0 Å². The average Bonchev–Trinajstić information content (AvgIpc) is 2.74. The molecule has 0 radical (unpaired) electrons. The molecule has 3 aromatic carbocycles. The van der Waals surface area contributed by atoms with Crippen molar-refractivity contribution >= 4 is 59.2 Å². The van der Waals surface area contributed by atoms with Gasteiger partial charge in [0.25, 0.3) is 0 Å². The Morgan fingerprint density at radius 3 is 2.09 bits per heavy atom. The Morgan fingerprint density at radius 2 is 1.53 bits per heavy atom. The highest BCUT2D eigenvalue weighted by Crippen LogP contribution is 2.29. The molecule has 0 fully saturated rings. The number of allylic oxidation sites excluding steroid dienone is 1. The molecule has 0 bridgehead atoms. The van der Waals surface area contributed by atoms with Gasteiger partial charge in [-0.25, -0.2) is 8.42 Å². The van der Waals surface area contributed by atoms with Gasteiger partial charge in [-0.2, -0.15) is 0 Å². The predicted molar refractivity (Wildman–Crippen MR) is 128 cm³/mol. The van der Waals surface area contributed by atoms with Gasteiger partial charge in [-0.05, 0) is 59.7 Å². The van der Waals surface area contributed by atoms with E-state index in [-0.39, 0.29) is 11.1 Å². The Balaban J connectivity index is 2.12. The summed E-state index contributed by atoms with van der Waals surface area (Å²) >= 11 is 6.56. The van der Waals surface area contributed by atoms with Crippen molar-refractivity contribution in [1.29, 1.82) is 0 Å². The molecule has 0 amide bonds. The van der Waals surface area contributed by atoms with E-state index in [1.54, 1.807) is 36.4 Å². The summed E-state index contributed by atoms with van der Waals surface area (Å²) in [7, 11) is -4.14. The van der Waals surface area contributed by atoms with E-state index in [9.17, 15) is 28.4 Å². The third kappa shape index (κ3) is 5.70. The van der Waals surface area contributed by atoms with Crippen molar-refractivity contribution in [3.8, 4) is 5.75 Å². The number of nitro groups is 1. The van der Waals surface area contributed by atoms with Gasteiger partial charge < -0.3 is 5.11 Å². The topological polar surface area (TPSA) is 115 Å². The highest BCUT2D eigenvalue weighted by Gasteiger charge is 2.27.